The Kier molecular flexibility index (Phi) is 6.96. The number of hydrogen-bond donors (Lipinski definition) is 1. The van der Waals surface area contributed by atoms with E-state index in [4.69, 9.17) is 9.47 Å². The molecule has 1 aromatic heterocycles. The molecule has 4 rings (SSSR count). The number of sulfonamides is 1. The molecule has 3 aromatic rings. The maximum atomic E-state index is 12.9. The van der Waals surface area contributed by atoms with E-state index in [0.717, 1.165) is 5.56 Å². The van der Waals surface area contributed by atoms with E-state index in [1.807, 2.05) is 17.5 Å². The van der Waals surface area contributed by atoms with E-state index in [9.17, 15) is 13.2 Å². The van der Waals surface area contributed by atoms with Crippen molar-refractivity contribution < 1.29 is 22.7 Å². The second kappa shape index (κ2) is 9.90. The predicted molar refractivity (Wildman–Crippen MR) is 127 cm³/mol. The van der Waals surface area contributed by atoms with Crippen LogP contribution >= 0.6 is 11.3 Å². The Morgan fingerprint density at radius 1 is 1.12 bits per heavy atom. The number of amides is 1. The van der Waals surface area contributed by atoms with Crippen molar-refractivity contribution in [3.8, 4) is 22.8 Å². The fourth-order valence-electron chi connectivity index (χ4n) is 3.78. The van der Waals surface area contributed by atoms with Gasteiger partial charge in [-0.15, -0.1) is 11.3 Å². The van der Waals surface area contributed by atoms with Crippen LogP contribution in [0.3, 0.4) is 0 Å². The molecular formula is C23H25N3O5S2. The highest BCUT2D eigenvalue weighted by atomic mass is 32.2. The predicted octanol–water partition coefficient (Wildman–Crippen LogP) is 3.87. The fourth-order valence-corrected chi connectivity index (χ4v) is 6.05. The Hall–Kier alpha value is -2.95. The van der Waals surface area contributed by atoms with Crippen LogP contribution in [-0.4, -0.2) is 50.9 Å². The van der Waals surface area contributed by atoms with Crippen LogP contribution < -0.4 is 14.8 Å². The summed E-state index contributed by atoms with van der Waals surface area (Å²) >= 11 is 1.32. The zero-order chi connectivity index (χ0) is 23.4. The van der Waals surface area contributed by atoms with E-state index in [0.29, 0.717) is 41.7 Å². The maximum absolute atomic E-state index is 12.9. The number of hydrogen-bond acceptors (Lipinski definition) is 7. The standard InChI is InChI=1S/C23H25N3O5S2/c1-30-20-11-10-16(13-21(20)31-2)19-15-32-23(24-19)25-22(27)17-7-6-12-26(14-17)33(28,29)18-8-4-3-5-9-18/h3-5,8-11,13,15,17H,6-7,12,14H2,1-2H3,(H,24,25,27). The van der Waals surface area contributed by atoms with Gasteiger partial charge in [-0.2, -0.15) is 4.31 Å². The molecule has 174 valence electrons. The average molecular weight is 488 g/mol. The molecule has 0 radical (unpaired) electrons. The first-order valence-corrected chi connectivity index (χ1v) is 12.8. The number of nitrogens with one attached hydrogen (secondary N) is 1. The molecule has 0 spiro atoms. The fraction of sp³-hybridized carbons (Fsp3) is 0.304. The number of ether oxygens (including phenoxy) is 2. The molecule has 0 aliphatic carbocycles. The minimum absolute atomic E-state index is 0.150. The number of aromatic nitrogens is 1. The largest absolute Gasteiger partial charge is 0.493 e. The van der Waals surface area contributed by atoms with Crippen LogP contribution in [0.15, 0.2) is 58.8 Å². The summed E-state index contributed by atoms with van der Waals surface area (Å²) in [5.74, 6) is 0.551. The molecule has 1 aliphatic rings. The minimum atomic E-state index is -3.63. The van der Waals surface area contributed by atoms with E-state index in [2.05, 4.69) is 10.3 Å². The van der Waals surface area contributed by atoms with Crippen molar-refractivity contribution >= 4 is 32.4 Å². The Balaban J connectivity index is 1.44. The molecule has 1 unspecified atom stereocenters. The van der Waals surface area contributed by atoms with Gasteiger partial charge in [-0.1, -0.05) is 18.2 Å². The third-order valence-corrected chi connectivity index (χ3v) is 8.19. The lowest BCUT2D eigenvalue weighted by atomic mass is 9.99. The highest BCUT2D eigenvalue weighted by molar-refractivity contribution is 7.89. The topological polar surface area (TPSA) is 97.8 Å². The molecule has 1 fully saturated rings. The first-order chi connectivity index (χ1) is 15.9. The van der Waals surface area contributed by atoms with Gasteiger partial charge in [0.05, 0.1) is 30.7 Å². The molecule has 33 heavy (non-hydrogen) atoms. The number of anilines is 1. The van der Waals surface area contributed by atoms with Crippen LogP contribution in [0, 0.1) is 5.92 Å². The number of rotatable bonds is 7. The zero-order valence-electron chi connectivity index (χ0n) is 18.4. The van der Waals surface area contributed by atoms with E-state index in [1.54, 1.807) is 50.6 Å². The van der Waals surface area contributed by atoms with Crippen LogP contribution in [0.5, 0.6) is 11.5 Å². The van der Waals surface area contributed by atoms with E-state index < -0.39 is 15.9 Å². The molecule has 1 atom stereocenters. The van der Waals surface area contributed by atoms with Gasteiger partial charge >= 0.3 is 0 Å². The third kappa shape index (κ3) is 5.02. The number of thiazole rings is 1. The number of carbonyl (C=O) groups is 1. The Labute approximate surface area is 197 Å². The first kappa shape index (κ1) is 23.2. The van der Waals surface area contributed by atoms with Crippen molar-refractivity contribution in [2.24, 2.45) is 5.92 Å². The number of piperidine rings is 1. The average Bonchev–Trinajstić information content (AvgIpc) is 3.32. The summed E-state index contributed by atoms with van der Waals surface area (Å²) in [5, 5.41) is 5.17. The molecular weight excluding hydrogens is 462 g/mol. The summed E-state index contributed by atoms with van der Waals surface area (Å²) < 4.78 is 37.9. The van der Waals surface area contributed by atoms with Crippen LogP contribution in [0.2, 0.25) is 0 Å². The van der Waals surface area contributed by atoms with Gasteiger partial charge in [0.2, 0.25) is 15.9 Å². The second-order valence-electron chi connectivity index (χ2n) is 7.61. The van der Waals surface area contributed by atoms with Crippen LogP contribution in [-0.2, 0) is 14.8 Å². The second-order valence-corrected chi connectivity index (χ2v) is 10.4. The highest BCUT2D eigenvalue weighted by Gasteiger charge is 2.33. The van der Waals surface area contributed by atoms with Gasteiger partial charge < -0.3 is 14.8 Å². The molecule has 10 heteroatoms. The van der Waals surface area contributed by atoms with E-state index in [-0.39, 0.29) is 17.3 Å². The van der Waals surface area contributed by atoms with Gasteiger partial charge in [0.25, 0.3) is 0 Å². The summed E-state index contributed by atoms with van der Waals surface area (Å²) in [7, 11) is -0.483. The van der Waals surface area contributed by atoms with Crippen molar-refractivity contribution in [3.05, 3.63) is 53.9 Å². The lowest BCUT2D eigenvalue weighted by Gasteiger charge is -2.31. The Bertz CT molecular complexity index is 1230. The monoisotopic (exact) mass is 487 g/mol. The summed E-state index contributed by atoms with van der Waals surface area (Å²) in [6, 6.07) is 13.8. The van der Waals surface area contributed by atoms with Gasteiger partial charge in [0, 0.05) is 24.0 Å². The third-order valence-electron chi connectivity index (χ3n) is 5.55. The number of nitrogens with zero attached hydrogens (tertiary/aromatic N) is 2. The van der Waals surface area contributed by atoms with Crippen LogP contribution in [0.4, 0.5) is 5.13 Å². The summed E-state index contributed by atoms with van der Waals surface area (Å²) in [6.07, 6.45) is 1.25. The smallest absolute Gasteiger partial charge is 0.243 e. The molecule has 1 N–H and O–H groups in total. The van der Waals surface area contributed by atoms with Crippen LogP contribution in [0.1, 0.15) is 12.8 Å². The molecule has 0 bridgehead atoms. The van der Waals surface area contributed by atoms with Crippen LogP contribution in [0.25, 0.3) is 11.3 Å². The van der Waals surface area contributed by atoms with Crippen molar-refractivity contribution in [2.45, 2.75) is 17.7 Å². The Morgan fingerprint density at radius 3 is 2.61 bits per heavy atom. The molecule has 0 saturated carbocycles. The Morgan fingerprint density at radius 2 is 1.88 bits per heavy atom. The maximum Gasteiger partial charge on any atom is 0.243 e. The molecule has 1 amide bonds. The molecule has 2 heterocycles. The summed E-state index contributed by atoms with van der Waals surface area (Å²) in [4.78, 5) is 17.7. The van der Waals surface area contributed by atoms with E-state index in [1.165, 1.54) is 15.6 Å². The van der Waals surface area contributed by atoms with Gasteiger partial charge in [-0.05, 0) is 43.2 Å². The molecule has 8 nitrogen and oxygen atoms in total. The summed E-state index contributed by atoms with van der Waals surface area (Å²) in [5.41, 5.74) is 1.54. The quantitative estimate of drug-likeness (QED) is 0.543. The molecule has 1 saturated heterocycles. The van der Waals surface area contributed by atoms with Gasteiger partial charge in [0.1, 0.15) is 0 Å². The molecule has 2 aromatic carbocycles. The lowest BCUT2D eigenvalue weighted by Crippen LogP contribution is -2.43. The highest BCUT2D eigenvalue weighted by Crippen LogP contribution is 2.34. The SMILES string of the molecule is COc1ccc(-c2csc(NC(=O)C3CCCN(S(=O)(=O)c4ccccc4)C3)n2)cc1OC. The number of carbonyl (C=O) groups excluding carboxylic acids is 1. The van der Waals surface area contributed by atoms with Crippen molar-refractivity contribution in [1.29, 1.82) is 0 Å². The van der Waals surface area contributed by atoms with Crippen molar-refractivity contribution in [3.63, 3.8) is 0 Å². The van der Waals surface area contributed by atoms with Crippen molar-refractivity contribution in [1.82, 2.24) is 9.29 Å². The summed E-state index contributed by atoms with van der Waals surface area (Å²) in [6.45, 7) is 0.554. The number of methoxy groups -OCH3 is 2. The zero-order valence-corrected chi connectivity index (χ0v) is 20.0. The van der Waals surface area contributed by atoms with E-state index >= 15 is 0 Å². The number of benzene rings is 2. The van der Waals surface area contributed by atoms with Gasteiger partial charge in [-0.25, -0.2) is 13.4 Å². The van der Waals surface area contributed by atoms with Gasteiger partial charge in [0.15, 0.2) is 16.6 Å². The minimum Gasteiger partial charge on any atom is -0.493 e. The van der Waals surface area contributed by atoms with Crippen molar-refractivity contribution in [2.75, 3.05) is 32.6 Å². The van der Waals surface area contributed by atoms with Gasteiger partial charge in [-0.3, -0.25) is 4.79 Å². The lowest BCUT2D eigenvalue weighted by molar-refractivity contribution is -0.120. The normalized spacial score (nSPS) is 16.8. The molecule has 1 aliphatic heterocycles. The first-order valence-electron chi connectivity index (χ1n) is 10.5.